The molecule has 0 radical (unpaired) electrons. The van der Waals surface area contributed by atoms with E-state index < -0.39 is 26.8 Å². The Kier molecular flexibility index (Phi) is 4.51. The largest absolute Gasteiger partial charge is 0.444 e. The average molecular weight is 293 g/mol. The van der Waals surface area contributed by atoms with Crippen molar-refractivity contribution in [3.63, 3.8) is 0 Å². The first kappa shape index (κ1) is 15.4. The molecular formula is C10H16FN3O4S. The van der Waals surface area contributed by atoms with Crippen molar-refractivity contribution >= 4 is 16.3 Å². The second-order valence-corrected chi connectivity index (χ2v) is 6.15. The van der Waals surface area contributed by atoms with Crippen LogP contribution in [0.3, 0.4) is 0 Å². The molecule has 0 spiro atoms. The molecule has 1 aromatic rings. The monoisotopic (exact) mass is 293 g/mol. The van der Waals surface area contributed by atoms with Gasteiger partial charge in [-0.2, -0.15) is 13.5 Å². The second kappa shape index (κ2) is 5.55. The summed E-state index contributed by atoms with van der Waals surface area (Å²) in [5, 5.41) is 6.13. The zero-order valence-corrected chi connectivity index (χ0v) is 11.7. The minimum absolute atomic E-state index is 0.183. The van der Waals surface area contributed by atoms with E-state index in [4.69, 9.17) is 4.74 Å². The van der Waals surface area contributed by atoms with Crippen molar-refractivity contribution in [2.45, 2.75) is 37.8 Å². The summed E-state index contributed by atoms with van der Waals surface area (Å²) in [5.41, 5.74) is -0.592. The van der Waals surface area contributed by atoms with E-state index in [1.54, 1.807) is 20.8 Å². The zero-order chi connectivity index (χ0) is 14.7. The molecule has 0 aliphatic carbocycles. The SMILES string of the molecule is CC(C)(C)OC(=O)NCCn1cc(S(=O)(=O)F)cn1. The number of alkyl carbamates (subject to hydrolysis) is 1. The molecule has 1 aromatic heterocycles. The Labute approximate surface area is 111 Å². The molecule has 0 aliphatic rings. The molecular weight excluding hydrogens is 277 g/mol. The van der Waals surface area contributed by atoms with Crippen molar-refractivity contribution in [3.8, 4) is 0 Å². The number of carbonyl (C=O) groups excluding carboxylic acids is 1. The molecule has 0 atom stereocenters. The van der Waals surface area contributed by atoms with Crippen LogP contribution in [0.1, 0.15) is 20.8 Å². The van der Waals surface area contributed by atoms with Crippen LogP contribution < -0.4 is 5.32 Å². The molecule has 9 heteroatoms. The van der Waals surface area contributed by atoms with E-state index in [1.165, 1.54) is 4.68 Å². The standard InChI is InChI=1S/C10H16FN3O4S/c1-10(2,3)18-9(15)12-4-5-14-7-8(6-13-14)19(11,16)17/h6-7H,4-5H2,1-3H3,(H,12,15). The number of carbonyl (C=O) groups is 1. The van der Waals surface area contributed by atoms with Gasteiger partial charge in [0.1, 0.15) is 10.5 Å². The average Bonchev–Trinajstić information content (AvgIpc) is 2.62. The maximum absolute atomic E-state index is 12.6. The summed E-state index contributed by atoms with van der Waals surface area (Å²) in [6.07, 6.45) is 1.37. The first-order valence-electron chi connectivity index (χ1n) is 5.52. The number of nitrogens with one attached hydrogen (secondary N) is 1. The Bertz CT molecular complexity index is 547. The third-order valence-electron chi connectivity index (χ3n) is 1.90. The van der Waals surface area contributed by atoms with Gasteiger partial charge in [0.05, 0.1) is 12.7 Å². The molecule has 0 saturated carbocycles. The van der Waals surface area contributed by atoms with Gasteiger partial charge in [-0.15, -0.1) is 3.89 Å². The summed E-state index contributed by atoms with van der Waals surface area (Å²) in [6, 6.07) is 0. The van der Waals surface area contributed by atoms with Crippen molar-refractivity contribution < 1.29 is 21.8 Å². The highest BCUT2D eigenvalue weighted by Crippen LogP contribution is 2.09. The highest BCUT2D eigenvalue weighted by atomic mass is 32.3. The summed E-state index contributed by atoms with van der Waals surface area (Å²) < 4.78 is 40.0. The minimum atomic E-state index is -4.74. The van der Waals surface area contributed by atoms with Crippen molar-refractivity contribution in [1.29, 1.82) is 0 Å². The molecule has 0 aromatic carbocycles. The Morgan fingerprint density at radius 3 is 2.63 bits per heavy atom. The Morgan fingerprint density at radius 1 is 1.53 bits per heavy atom. The predicted octanol–water partition coefficient (Wildman–Crippen LogP) is 1.07. The maximum Gasteiger partial charge on any atom is 0.407 e. The number of ether oxygens (including phenoxy) is 1. The van der Waals surface area contributed by atoms with Gasteiger partial charge in [-0.1, -0.05) is 0 Å². The number of halogens is 1. The molecule has 1 N–H and O–H groups in total. The van der Waals surface area contributed by atoms with Gasteiger partial charge in [-0.25, -0.2) is 4.79 Å². The van der Waals surface area contributed by atoms with E-state index in [1.807, 2.05) is 0 Å². The third-order valence-corrected chi connectivity index (χ3v) is 2.67. The van der Waals surface area contributed by atoms with Crippen molar-refractivity contribution in [2.24, 2.45) is 0 Å². The number of rotatable bonds is 4. The molecule has 108 valence electrons. The van der Waals surface area contributed by atoms with Gasteiger partial charge in [0.15, 0.2) is 0 Å². The van der Waals surface area contributed by atoms with Gasteiger partial charge in [-0.3, -0.25) is 4.68 Å². The third kappa shape index (κ3) is 5.69. The molecule has 0 aliphatic heterocycles. The van der Waals surface area contributed by atoms with Gasteiger partial charge in [-0.05, 0) is 20.8 Å². The Morgan fingerprint density at radius 2 is 2.16 bits per heavy atom. The summed E-state index contributed by atoms with van der Waals surface area (Å²) in [4.78, 5) is 10.8. The fraction of sp³-hybridized carbons (Fsp3) is 0.600. The zero-order valence-electron chi connectivity index (χ0n) is 10.9. The van der Waals surface area contributed by atoms with Crippen LogP contribution in [0.4, 0.5) is 8.68 Å². The lowest BCUT2D eigenvalue weighted by atomic mass is 10.2. The fourth-order valence-corrected chi connectivity index (χ4v) is 1.60. The highest BCUT2D eigenvalue weighted by molar-refractivity contribution is 7.86. The second-order valence-electron chi connectivity index (χ2n) is 4.81. The molecule has 1 heterocycles. The lowest BCUT2D eigenvalue weighted by molar-refractivity contribution is 0.0525. The van der Waals surface area contributed by atoms with E-state index in [0.29, 0.717) is 0 Å². The van der Waals surface area contributed by atoms with Crippen LogP contribution in [-0.4, -0.2) is 36.4 Å². The van der Waals surface area contributed by atoms with Gasteiger partial charge < -0.3 is 10.1 Å². The predicted molar refractivity (Wildman–Crippen MR) is 64.8 cm³/mol. The molecule has 0 saturated heterocycles. The normalized spacial score (nSPS) is 12.2. The number of hydrogen-bond acceptors (Lipinski definition) is 5. The lowest BCUT2D eigenvalue weighted by Crippen LogP contribution is -2.34. The van der Waals surface area contributed by atoms with E-state index in [-0.39, 0.29) is 13.1 Å². The Balaban J connectivity index is 2.42. The topological polar surface area (TPSA) is 90.3 Å². The van der Waals surface area contributed by atoms with Crippen molar-refractivity contribution in [1.82, 2.24) is 15.1 Å². The molecule has 0 fully saturated rings. The van der Waals surface area contributed by atoms with E-state index in [0.717, 1.165) is 12.4 Å². The van der Waals surface area contributed by atoms with Gasteiger partial charge in [0.2, 0.25) is 0 Å². The van der Waals surface area contributed by atoms with E-state index >= 15 is 0 Å². The summed E-state index contributed by atoms with van der Waals surface area (Å²) in [6.45, 7) is 5.59. The summed E-state index contributed by atoms with van der Waals surface area (Å²) >= 11 is 0. The lowest BCUT2D eigenvalue weighted by Gasteiger charge is -2.19. The highest BCUT2D eigenvalue weighted by Gasteiger charge is 2.16. The number of hydrogen-bond donors (Lipinski definition) is 1. The molecule has 0 unspecified atom stereocenters. The van der Waals surface area contributed by atoms with Gasteiger partial charge >= 0.3 is 16.3 Å². The van der Waals surface area contributed by atoms with Crippen molar-refractivity contribution in [2.75, 3.05) is 6.54 Å². The van der Waals surface area contributed by atoms with Gasteiger partial charge in [0.25, 0.3) is 0 Å². The molecule has 7 nitrogen and oxygen atoms in total. The number of aromatic nitrogens is 2. The van der Waals surface area contributed by atoms with Crippen LogP contribution in [0, 0.1) is 0 Å². The molecule has 19 heavy (non-hydrogen) atoms. The number of amides is 1. The smallest absolute Gasteiger partial charge is 0.407 e. The molecule has 1 amide bonds. The van der Waals surface area contributed by atoms with Crippen LogP contribution in [0.15, 0.2) is 17.3 Å². The molecule has 1 rings (SSSR count). The minimum Gasteiger partial charge on any atom is -0.444 e. The van der Waals surface area contributed by atoms with Crippen LogP contribution in [0.25, 0.3) is 0 Å². The van der Waals surface area contributed by atoms with Crippen LogP contribution in [0.5, 0.6) is 0 Å². The van der Waals surface area contributed by atoms with E-state index in [2.05, 4.69) is 10.4 Å². The van der Waals surface area contributed by atoms with Crippen LogP contribution >= 0.6 is 0 Å². The van der Waals surface area contributed by atoms with E-state index in [9.17, 15) is 17.1 Å². The molecule has 0 bridgehead atoms. The maximum atomic E-state index is 12.6. The summed E-state index contributed by atoms with van der Waals surface area (Å²) in [7, 11) is -4.74. The summed E-state index contributed by atoms with van der Waals surface area (Å²) in [5.74, 6) is 0. The van der Waals surface area contributed by atoms with Crippen molar-refractivity contribution in [3.05, 3.63) is 12.4 Å². The number of nitrogens with zero attached hydrogens (tertiary/aromatic N) is 2. The Hall–Kier alpha value is -1.64. The van der Waals surface area contributed by atoms with Crippen LogP contribution in [-0.2, 0) is 21.5 Å². The quantitative estimate of drug-likeness (QED) is 0.838. The van der Waals surface area contributed by atoms with Crippen LogP contribution in [0.2, 0.25) is 0 Å². The first-order chi connectivity index (χ1) is 8.58. The fourth-order valence-electron chi connectivity index (χ4n) is 1.18. The first-order valence-corrected chi connectivity index (χ1v) is 6.90. The van der Waals surface area contributed by atoms with Gasteiger partial charge in [0, 0.05) is 12.7 Å².